The molecule has 0 aromatic heterocycles. The third-order valence-corrected chi connectivity index (χ3v) is 4.46. The second kappa shape index (κ2) is 6.89. The summed E-state index contributed by atoms with van der Waals surface area (Å²) >= 11 is 0. The Hall–Kier alpha value is -1.59. The van der Waals surface area contributed by atoms with Crippen molar-refractivity contribution in [3.63, 3.8) is 0 Å². The smallest absolute Gasteiger partial charge is 0.251 e. The normalized spacial score (nSPS) is 22.8. The predicted molar refractivity (Wildman–Crippen MR) is 93.6 cm³/mol. The molecule has 0 bridgehead atoms. The van der Waals surface area contributed by atoms with E-state index in [2.05, 4.69) is 37.9 Å². The van der Waals surface area contributed by atoms with Gasteiger partial charge in [-0.15, -0.1) is 0 Å². The van der Waals surface area contributed by atoms with Crippen molar-refractivity contribution in [2.45, 2.75) is 52.4 Å². The van der Waals surface area contributed by atoms with Gasteiger partial charge in [-0.3, -0.25) is 9.69 Å². The average molecular weight is 319 g/mol. The molecule has 1 fully saturated rings. The van der Waals surface area contributed by atoms with Crippen LogP contribution in [0.15, 0.2) is 18.2 Å². The summed E-state index contributed by atoms with van der Waals surface area (Å²) in [6.45, 7) is 12.8. The molecule has 0 radical (unpaired) electrons. The lowest BCUT2D eigenvalue weighted by atomic mass is 9.99. The molecule has 0 saturated carbocycles. The van der Waals surface area contributed by atoms with Gasteiger partial charge >= 0.3 is 0 Å². The number of nitrogen functional groups attached to an aromatic ring is 1. The van der Waals surface area contributed by atoms with Crippen LogP contribution >= 0.6 is 0 Å². The lowest BCUT2D eigenvalue weighted by Crippen LogP contribution is -2.58. The van der Waals surface area contributed by atoms with Crippen molar-refractivity contribution in [2.24, 2.45) is 0 Å². The van der Waals surface area contributed by atoms with E-state index in [0.717, 1.165) is 18.7 Å². The minimum atomic E-state index is -0.129. The number of carbonyl (C=O) groups is 1. The van der Waals surface area contributed by atoms with Crippen LogP contribution in [0.25, 0.3) is 0 Å². The van der Waals surface area contributed by atoms with Crippen LogP contribution < -0.4 is 11.1 Å². The first-order valence-electron chi connectivity index (χ1n) is 8.24. The maximum absolute atomic E-state index is 12.5. The van der Waals surface area contributed by atoms with Gasteiger partial charge in [0, 0.05) is 36.4 Å². The molecular formula is C18H29N3O2. The van der Waals surface area contributed by atoms with Crippen LogP contribution in [0.3, 0.4) is 0 Å². The van der Waals surface area contributed by atoms with Crippen molar-refractivity contribution < 1.29 is 9.53 Å². The number of morpholine rings is 1. The van der Waals surface area contributed by atoms with E-state index >= 15 is 0 Å². The molecule has 128 valence electrons. The van der Waals surface area contributed by atoms with Crippen molar-refractivity contribution in [3.05, 3.63) is 29.3 Å². The highest BCUT2D eigenvalue weighted by Crippen LogP contribution is 2.21. The van der Waals surface area contributed by atoms with E-state index in [-0.39, 0.29) is 23.7 Å². The molecule has 5 heteroatoms. The maximum Gasteiger partial charge on any atom is 0.251 e. The average Bonchev–Trinajstić information content (AvgIpc) is 2.46. The number of nitrogens with two attached hydrogens (primary N) is 1. The Morgan fingerprint density at radius 2 is 1.96 bits per heavy atom. The van der Waals surface area contributed by atoms with Crippen LogP contribution in [0, 0.1) is 6.92 Å². The molecule has 1 amide bonds. The molecule has 5 nitrogen and oxygen atoms in total. The molecular weight excluding hydrogens is 290 g/mol. The highest BCUT2D eigenvalue weighted by Gasteiger charge is 2.33. The molecule has 3 N–H and O–H groups in total. The molecule has 1 aromatic carbocycles. The van der Waals surface area contributed by atoms with Gasteiger partial charge in [-0.2, -0.15) is 0 Å². The standard InChI is InChI=1S/C18H29N3O2/c1-12-6-7-15(19)8-16(12)17(22)20-11-18(4,5)21-9-13(2)23-14(3)10-21/h6-8,13-14H,9-11,19H2,1-5H3,(H,20,22). The molecule has 2 rings (SSSR count). The molecule has 1 aliphatic rings. The molecule has 1 aromatic rings. The largest absolute Gasteiger partial charge is 0.399 e. The summed E-state index contributed by atoms with van der Waals surface area (Å²) in [4.78, 5) is 14.9. The second-order valence-electron chi connectivity index (χ2n) is 7.23. The fourth-order valence-corrected chi connectivity index (χ4v) is 3.06. The number of hydrogen-bond acceptors (Lipinski definition) is 4. The first-order chi connectivity index (χ1) is 10.7. The van der Waals surface area contributed by atoms with Crippen LogP contribution in [-0.2, 0) is 4.74 Å². The molecule has 2 unspecified atom stereocenters. The summed E-state index contributed by atoms with van der Waals surface area (Å²) in [6.07, 6.45) is 0.426. The Kier molecular flexibility index (Phi) is 5.32. The van der Waals surface area contributed by atoms with Gasteiger partial charge < -0.3 is 15.8 Å². The van der Waals surface area contributed by atoms with Gasteiger partial charge in [0.2, 0.25) is 0 Å². The summed E-state index contributed by atoms with van der Waals surface area (Å²) < 4.78 is 5.79. The third kappa shape index (κ3) is 4.45. The van der Waals surface area contributed by atoms with Gasteiger partial charge in [-0.25, -0.2) is 0 Å². The lowest BCUT2D eigenvalue weighted by Gasteiger charge is -2.45. The topological polar surface area (TPSA) is 67.6 Å². The highest BCUT2D eigenvalue weighted by atomic mass is 16.5. The minimum absolute atomic E-state index is 0.0720. The van der Waals surface area contributed by atoms with Crippen LogP contribution in [-0.4, -0.2) is 48.2 Å². The van der Waals surface area contributed by atoms with Crippen molar-refractivity contribution in [3.8, 4) is 0 Å². The van der Waals surface area contributed by atoms with E-state index < -0.39 is 0 Å². The maximum atomic E-state index is 12.5. The van der Waals surface area contributed by atoms with E-state index in [0.29, 0.717) is 17.8 Å². The number of aryl methyl sites for hydroxylation is 1. The first-order valence-corrected chi connectivity index (χ1v) is 8.24. The Morgan fingerprint density at radius 1 is 1.35 bits per heavy atom. The molecule has 0 aliphatic carbocycles. The molecule has 1 saturated heterocycles. The summed E-state index contributed by atoms with van der Waals surface area (Å²) in [5, 5.41) is 3.06. The van der Waals surface area contributed by atoms with Crippen LogP contribution in [0.2, 0.25) is 0 Å². The van der Waals surface area contributed by atoms with Crippen molar-refractivity contribution >= 4 is 11.6 Å². The summed E-state index contributed by atoms with van der Waals surface area (Å²) in [6, 6.07) is 5.42. The number of rotatable bonds is 4. The fraction of sp³-hybridized carbons (Fsp3) is 0.611. The van der Waals surface area contributed by atoms with E-state index in [1.807, 2.05) is 19.1 Å². The lowest BCUT2D eigenvalue weighted by molar-refractivity contribution is -0.0948. The Labute approximate surface area is 139 Å². The van der Waals surface area contributed by atoms with Gasteiger partial charge in [0.1, 0.15) is 0 Å². The third-order valence-electron chi connectivity index (χ3n) is 4.46. The summed E-state index contributed by atoms with van der Waals surface area (Å²) in [5.41, 5.74) is 7.85. The van der Waals surface area contributed by atoms with E-state index in [9.17, 15) is 4.79 Å². The Bertz CT molecular complexity index is 561. The van der Waals surface area contributed by atoms with Gasteiger partial charge in [0.25, 0.3) is 5.91 Å². The first kappa shape index (κ1) is 17.8. The zero-order chi connectivity index (χ0) is 17.2. The zero-order valence-electron chi connectivity index (χ0n) is 14.8. The number of nitrogens with zero attached hydrogens (tertiary/aromatic N) is 1. The number of anilines is 1. The number of ether oxygens (including phenoxy) is 1. The molecule has 0 spiro atoms. The van der Waals surface area contributed by atoms with Gasteiger partial charge in [-0.1, -0.05) is 6.07 Å². The van der Waals surface area contributed by atoms with Crippen molar-refractivity contribution in [1.82, 2.24) is 10.2 Å². The van der Waals surface area contributed by atoms with Crippen molar-refractivity contribution in [1.29, 1.82) is 0 Å². The van der Waals surface area contributed by atoms with Gasteiger partial charge in [0.15, 0.2) is 0 Å². The highest BCUT2D eigenvalue weighted by molar-refractivity contribution is 5.96. The predicted octanol–water partition coefficient (Wildman–Crippen LogP) is 2.19. The van der Waals surface area contributed by atoms with Crippen LogP contribution in [0.1, 0.15) is 43.6 Å². The molecule has 1 aliphatic heterocycles. The fourth-order valence-electron chi connectivity index (χ4n) is 3.06. The van der Waals surface area contributed by atoms with Gasteiger partial charge in [0.05, 0.1) is 12.2 Å². The van der Waals surface area contributed by atoms with Crippen LogP contribution in [0.4, 0.5) is 5.69 Å². The number of hydrogen-bond donors (Lipinski definition) is 2. The number of carbonyl (C=O) groups excluding carboxylic acids is 1. The van der Waals surface area contributed by atoms with Crippen molar-refractivity contribution in [2.75, 3.05) is 25.4 Å². The Morgan fingerprint density at radius 3 is 2.57 bits per heavy atom. The van der Waals surface area contributed by atoms with E-state index in [1.54, 1.807) is 6.07 Å². The molecule has 1 heterocycles. The second-order valence-corrected chi connectivity index (χ2v) is 7.23. The SMILES string of the molecule is Cc1ccc(N)cc1C(=O)NCC(C)(C)N1CC(C)OC(C)C1. The Balaban J connectivity index is 2.01. The zero-order valence-corrected chi connectivity index (χ0v) is 14.8. The minimum Gasteiger partial charge on any atom is -0.399 e. The monoisotopic (exact) mass is 319 g/mol. The summed E-state index contributed by atoms with van der Waals surface area (Å²) in [5.74, 6) is -0.0720. The molecule has 2 atom stereocenters. The molecule has 23 heavy (non-hydrogen) atoms. The van der Waals surface area contributed by atoms with Crippen LogP contribution in [0.5, 0.6) is 0 Å². The quantitative estimate of drug-likeness (QED) is 0.835. The van der Waals surface area contributed by atoms with Gasteiger partial charge in [-0.05, 0) is 52.3 Å². The van der Waals surface area contributed by atoms with E-state index in [1.165, 1.54) is 0 Å². The number of nitrogens with one attached hydrogen (secondary N) is 1. The summed E-state index contributed by atoms with van der Waals surface area (Å²) in [7, 11) is 0. The van der Waals surface area contributed by atoms with E-state index in [4.69, 9.17) is 10.5 Å². The number of benzene rings is 1. The number of amides is 1.